The molecule has 1 aliphatic carbocycles. The summed E-state index contributed by atoms with van der Waals surface area (Å²) in [5.74, 6) is -0.263. The summed E-state index contributed by atoms with van der Waals surface area (Å²) in [6.45, 7) is 1.82. The standard InChI is InChI=1S/C23H25N5O3S2/c29-19(12-18-21(31)27-23(33-18)28-9-2-1-3-10-28)24-16-6-4-5-15(11-16)20(30)26-22-25-17(13-32-22)14-7-8-14/h4-6,11,13-14,18H,1-3,7-10,12H2,(H,24,29)(H,25,26,30). The molecule has 2 aliphatic heterocycles. The zero-order valence-corrected chi connectivity index (χ0v) is 19.7. The van der Waals surface area contributed by atoms with E-state index in [0.29, 0.717) is 22.3 Å². The van der Waals surface area contributed by atoms with Gasteiger partial charge in [-0.25, -0.2) is 4.98 Å². The molecule has 0 radical (unpaired) electrons. The molecule has 2 fully saturated rings. The van der Waals surface area contributed by atoms with Crippen LogP contribution in [0.4, 0.5) is 10.8 Å². The lowest BCUT2D eigenvalue weighted by molar-refractivity contribution is -0.121. The minimum atomic E-state index is -0.501. The summed E-state index contributed by atoms with van der Waals surface area (Å²) >= 11 is 2.80. The molecule has 3 aliphatic rings. The van der Waals surface area contributed by atoms with Gasteiger partial charge in [0.15, 0.2) is 10.3 Å². The molecule has 1 saturated heterocycles. The Balaban J connectivity index is 1.15. The third-order valence-corrected chi connectivity index (χ3v) is 7.86. The molecule has 172 valence electrons. The van der Waals surface area contributed by atoms with Gasteiger partial charge < -0.3 is 10.2 Å². The van der Waals surface area contributed by atoms with Gasteiger partial charge in [-0.05, 0) is 50.3 Å². The van der Waals surface area contributed by atoms with Crippen molar-refractivity contribution in [2.75, 3.05) is 23.7 Å². The van der Waals surface area contributed by atoms with Crippen LogP contribution in [0, 0.1) is 0 Å². The number of thioether (sulfide) groups is 1. The van der Waals surface area contributed by atoms with E-state index in [1.807, 2.05) is 5.38 Å². The third-order valence-electron chi connectivity index (χ3n) is 5.87. The van der Waals surface area contributed by atoms with E-state index in [2.05, 4.69) is 25.5 Å². The number of benzene rings is 1. The van der Waals surface area contributed by atoms with Crippen molar-refractivity contribution in [2.45, 2.75) is 49.7 Å². The van der Waals surface area contributed by atoms with Crippen LogP contribution in [0.5, 0.6) is 0 Å². The molecule has 5 rings (SSSR count). The number of aliphatic imine (C=N–C) groups is 1. The zero-order valence-electron chi connectivity index (χ0n) is 18.1. The van der Waals surface area contributed by atoms with Crippen LogP contribution in [0.1, 0.15) is 60.5 Å². The number of piperidine rings is 1. The Bertz CT molecular complexity index is 1110. The lowest BCUT2D eigenvalue weighted by atomic mass is 10.1. The second-order valence-electron chi connectivity index (χ2n) is 8.53. The highest BCUT2D eigenvalue weighted by molar-refractivity contribution is 8.15. The molecule has 1 aromatic carbocycles. The topological polar surface area (TPSA) is 104 Å². The molecule has 2 N–H and O–H groups in total. The lowest BCUT2D eigenvalue weighted by Gasteiger charge is -2.27. The summed E-state index contributed by atoms with van der Waals surface area (Å²) < 4.78 is 0. The van der Waals surface area contributed by atoms with Gasteiger partial charge in [-0.3, -0.25) is 19.7 Å². The third kappa shape index (κ3) is 5.44. The molecular weight excluding hydrogens is 458 g/mol. The SMILES string of the molecule is O=C(CC1SC(N2CCCCC2)=NC1=O)Nc1cccc(C(=O)Nc2nc(C3CC3)cs2)c1. The highest BCUT2D eigenvalue weighted by Gasteiger charge is 2.33. The molecule has 3 amide bonds. The predicted octanol–water partition coefficient (Wildman–Crippen LogP) is 4.09. The molecule has 1 saturated carbocycles. The fourth-order valence-corrected chi connectivity index (χ4v) is 5.83. The first-order valence-corrected chi connectivity index (χ1v) is 13.0. The second kappa shape index (κ2) is 9.64. The van der Waals surface area contributed by atoms with E-state index >= 15 is 0 Å². The van der Waals surface area contributed by atoms with Gasteiger partial charge in [-0.15, -0.1) is 11.3 Å². The summed E-state index contributed by atoms with van der Waals surface area (Å²) in [6.07, 6.45) is 5.78. The Labute approximate surface area is 200 Å². The van der Waals surface area contributed by atoms with Crippen LogP contribution in [-0.4, -0.2) is 51.1 Å². The normalized spacial score (nSPS) is 20.5. The number of anilines is 2. The fourth-order valence-electron chi connectivity index (χ4n) is 3.93. The first kappa shape index (κ1) is 22.1. The predicted molar refractivity (Wildman–Crippen MR) is 131 cm³/mol. The van der Waals surface area contributed by atoms with Crippen LogP contribution in [0.3, 0.4) is 0 Å². The molecule has 8 nitrogen and oxygen atoms in total. The molecular formula is C23H25N5O3S2. The number of thiazole rings is 1. The van der Waals surface area contributed by atoms with Gasteiger partial charge in [0.25, 0.3) is 11.8 Å². The summed E-state index contributed by atoms with van der Waals surface area (Å²) in [5, 5.41) is 8.45. The van der Waals surface area contributed by atoms with Crippen molar-refractivity contribution in [3.05, 3.63) is 40.9 Å². The van der Waals surface area contributed by atoms with Gasteiger partial charge in [0.05, 0.1) is 5.69 Å². The first-order valence-electron chi connectivity index (χ1n) is 11.3. The maximum absolute atomic E-state index is 12.6. The second-order valence-corrected chi connectivity index (χ2v) is 10.6. The maximum atomic E-state index is 12.6. The van der Waals surface area contributed by atoms with E-state index in [1.165, 1.54) is 29.5 Å². The van der Waals surface area contributed by atoms with Crippen molar-refractivity contribution in [1.29, 1.82) is 0 Å². The van der Waals surface area contributed by atoms with E-state index in [0.717, 1.165) is 49.6 Å². The maximum Gasteiger partial charge on any atom is 0.262 e. The monoisotopic (exact) mass is 483 g/mol. The minimum Gasteiger partial charge on any atom is -0.351 e. The van der Waals surface area contributed by atoms with Gasteiger partial charge in [0.1, 0.15) is 5.25 Å². The molecule has 10 heteroatoms. The molecule has 1 aromatic heterocycles. The van der Waals surface area contributed by atoms with Crippen LogP contribution in [0.2, 0.25) is 0 Å². The van der Waals surface area contributed by atoms with Crippen LogP contribution in [0.25, 0.3) is 0 Å². The fraction of sp³-hybridized carbons (Fsp3) is 0.435. The van der Waals surface area contributed by atoms with Crippen molar-refractivity contribution in [1.82, 2.24) is 9.88 Å². The summed E-state index contributed by atoms with van der Waals surface area (Å²) in [5.41, 5.74) is 1.99. The van der Waals surface area contributed by atoms with E-state index in [-0.39, 0.29) is 24.1 Å². The number of rotatable bonds is 6. The van der Waals surface area contributed by atoms with Gasteiger partial charge in [-0.2, -0.15) is 4.99 Å². The van der Waals surface area contributed by atoms with Crippen LogP contribution >= 0.6 is 23.1 Å². The number of nitrogens with one attached hydrogen (secondary N) is 2. The molecule has 1 unspecified atom stereocenters. The van der Waals surface area contributed by atoms with Crippen LogP contribution < -0.4 is 10.6 Å². The lowest BCUT2D eigenvalue weighted by Crippen LogP contribution is -2.33. The Hall–Kier alpha value is -2.72. The largest absolute Gasteiger partial charge is 0.351 e. The Kier molecular flexibility index (Phi) is 6.45. The van der Waals surface area contributed by atoms with Crippen molar-refractivity contribution in [2.24, 2.45) is 4.99 Å². The van der Waals surface area contributed by atoms with Gasteiger partial charge in [-0.1, -0.05) is 17.8 Å². The Morgan fingerprint density at radius 3 is 2.73 bits per heavy atom. The van der Waals surface area contributed by atoms with Crippen molar-refractivity contribution in [3.63, 3.8) is 0 Å². The van der Waals surface area contributed by atoms with Gasteiger partial charge in [0.2, 0.25) is 5.91 Å². The minimum absolute atomic E-state index is 0.0455. The van der Waals surface area contributed by atoms with E-state index < -0.39 is 5.25 Å². The zero-order chi connectivity index (χ0) is 22.8. The van der Waals surface area contributed by atoms with E-state index in [9.17, 15) is 14.4 Å². The smallest absolute Gasteiger partial charge is 0.262 e. The molecule has 0 bridgehead atoms. The summed E-state index contributed by atoms with van der Waals surface area (Å²) in [4.78, 5) is 48.3. The number of amidine groups is 1. The highest BCUT2D eigenvalue weighted by Crippen LogP contribution is 2.41. The summed E-state index contributed by atoms with van der Waals surface area (Å²) in [7, 11) is 0. The number of aromatic nitrogens is 1. The Morgan fingerprint density at radius 2 is 1.94 bits per heavy atom. The molecule has 3 heterocycles. The van der Waals surface area contributed by atoms with Crippen LogP contribution in [0.15, 0.2) is 34.6 Å². The van der Waals surface area contributed by atoms with E-state index in [4.69, 9.17) is 0 Å². The number of hydrogen-bond donors (Lipinski definition) is 2. The molecule has 2 aromatic rings. The number of carbonyl (C=O) groups excluding carboxylic acids is 3. The number of carbonyl (C=O) groups is 3. The molecule has 1 atom stereocenters. The van der Waals surface area contributed by atoms with E-state index in [1.54, 1.807) is 24.3 Å². The number of nitrogens with zero attached hydrogens (tertiary/aromatic N) is 3. The number of likely N-dealkylation sites (tertiary alicyclic amines) is 1. The average molecular weight is 484 g/mol. The van der Waals surface area contributed by atoms with Crippen molar-refractivity contribution in [3.8, 4) is 0 Å². The van der Waals surface area contributed by atoms with Crippen molar-refractivity contribution >= 4 is 56.8 Å². The van der Waals surface area contributed by atoms with Gasteiger partial charge in [0, 0.05) is 42.1 Å². The first-order chi connectivity index (χ1) is 16.0. The summed E-state index contributed by atoms with van der Waals surface area (Å²) in [6, 6.07) is 6.76. The van der Waals surface area contributed by atoms with Crippen molar-refractivity contribution < 1.29 is 14.4 Å². The molecule has 33 heavy (non-hydrogen) atoms. The number of hydrogen-bond acceptors (Lipinski definition) is 7. The average Bonchev–Trinajstić information content (AvgIpc) is 3.46. The van der Waals surface area contributed by atoms with Crippen LogP contribution in [-0.2, 0) is 9.59 Å². The Morgan fingerprint density at radius 1 is 1.12 bits per heavy atom. The molecule has 0 spiro atoms. The highest BCUT2D eigenvalue weighted by atomic mass is 32.2. The quantitative estimate of drug-likeness (QED) is 0.642. The van der Waals surface area contributed by atoms with Gasteiger partial charge >= 0.3 is 0 Å². The number of amides is 3.